The second kappa shape index (κ2) is 9.84. The second-order valence-corrected chi connectivity index (χ2v) is 9.61. The van der Waals surface area contributed by atoms with Gasteiger partial charge in [0.25, 0.3) is 11.1 Å². The van der Waals surface area contributed by atoms with Gasteiger partial charge in [-0.25, -0.2) is 4.90 Å². The molecule has 4 aromatic rings. The maximum Gasteiger partial charge on any atom is 0.298 e. The molecule has 0 radical (unpaired) electrons. The maximum absolute atomic E-state index is 13.1. The summed E-state index contributed by atoms with van der Waals surface area (Å²) in [7, 11) is 0. The van der Waals surface area contributed by atoms with Crippen LogP contribution in [0.2, 0.25) is 0 Å². The average Bonchev–Trinajstić information content (AvgIpc) is 3.35. The molecule has 0 bridgehead atoms. The van der Waals surface area contributed by atoms with Gasteiger partial charge in [-0.1, -0.05) is 54.1 Å². The number of carbonyl (C=O) groups is 2. The van der Waals surface area contributed by atoms with Gasteiger partial charge in [-0.2, -0.15) is 0 Å². The first-order valence-corrected chi connectivity index (χ1v) is 12.4. The average molecular weight is 483 g/mol. The number of hydrogen-bond donors (Lipinski definition) is 0. The van der Waals surface area contributed by atoms with Crippen LogP contribution in [0.3, 0.4) is 0 Å². The van der Waals surface area contributed by atoms with Gasteiger partial charge < -0.3 is 9.30 Å². The highest BCUT2D eigenvalue weighted by Crippen LogP contribution is 2.37. The number of hydrogen-bond acceptors (Lipinski definition) is 4. The van der Waals surface area contributed by atoms with Crippen molar-refractivity contribution in [1.82, 2.24) is 4.57 Å². The Morgan fingerprint density at radius 1 is 0.914 bits per heavy atom. The zero-order chi connectivity index (χ0) is 24.4. The van der Waals surface area contributed by atoms with Crippen LogP contribution in [0.15, 0.2) is 83.9 Å². The highest BCUT2D eigenvalue weighted by molar-refractivity contribution is 8.19. The highest BCUT2D eigenvalue weighted by Gasteiger charge is 2.36. The van der Waals surface area contributed by atoms with Gasteiger partial charge in [0, 0.05) is 29.2 Å². The minimum Gasteiger partial charge on any atom is -0.493 e. The van der Waals surface area contributed by atoms with Crippen LogP contribution in [0, 0.1) is 13.8 Å². The molecule has 1 aromatic heterocycles. The summed E-state index contributed by atoms with van der Waals surface area (Å²) < 4.78 is 8.14. The lowest BCUT2D eigenvalue weighted by molar-refractivity contribution is -0.113. The van der Waals surface area contributed by atoms with Gasteiger partial charge in [-0.15, -0.1) is 0 Å². The molecule has 1 fully saturated rings. The Labute approximate surface area is 209 Å². The number of thioether (sulfide) groups is 1. The molecule has 2 heterocycles. The largest absolute Gasteiger partial charge is 0.493 e. The third kappa shape index (κ3) is 4.75. The third-order valence-electron chi connectivity index (χ3n) is 6.09. The molecular formula is C29H26N2O3S. The molecule has 0 spiro atoms. The Hall–Kier alpha value is -3.77. The number of imide groups is 1. The molecule has 5 nitrogen and oxygen atoms in total. The lowest BCUT2D eigenvalue weighted by Crippen LogP contribution is -2.27. The molecule has 0 saturated carbocycles. The van der Waals surface area contributed by atoms with E-state index in [1.54, 1.807) is 12.1 Å². The van der Waals surface area contributed by atoms with Crippen molar-refractivity contribution >= 4 is 45.6 Å². The smallest absolute Gasteiger partial charge is 0.298 e. The summed E-state index contributed by atoms with van der Waals surface area (Å²) in [6.07, 6.45) is 4.73. The van der Waals surface area contributed by atoms with Gasteiger partial charge in [0.1, 0.15) is 5.75 Å². The molecule has 3 aromatic carbocycles. The van der Waals surface area contributed by atoms with Gasteiger partial charge in [0.2, 0.25) is 0 Å². The zero-order valence-electron chi connectivity index (χ0n) is 19.7. The van der Waals surface area contributed by atoms with Crippen LogP contribution >= 0.6 is 11.8 Å². The number of para-hydroxylation sites is 2. The molecule has 1 saturated heterocycles. The highest BCUT2D eigenvalue weighted by atomic mass is 32.2. The Morgan fingerprint density at radius 3 is 2.46 bits per heavy atom. The van der Waals surface area contributed by atoms with Crippen molar-refractivity contribution < 1.29 is 14.3 Å². The van der Waals surface area contributed by atoms with E-state index in [2.05, 4.69) is 16.8 Å². The van der Waals surface area contributed by atoms with E-state index < -0.39 is 0 Å². The van der Waals surface area contributed by atoms with Crippen LogP contribution in [0.5, 0.6) is 5.75 Å². The number of aryl methyl sites for hydroxylation is 3. The van der Waals surface area contributed by atoms with E-state index in [9.17, 15) is 9.59 Å². The fraction of sp³-hybridized carbons (Fsp3) is 0.172. The van der Waals surface area contributed by atoms with Crippen molar-refractivity contribution in [3.63, 3.8) is 0 Å². The number of ether oxygens (including phenoxy) is 1. The van der Waals surface area contributed by atoms with E-state index in [0.717, 1.165) is 58.1 Å². The Kier molecular flexibility index (Phi) is 6.47. The van der Waals surface area contributed by atoms with Gasteiger partial charge in [-0.05, 0) is 67.9 Å². The first-order chi connectivity index (χ1) is 17.0. The van der Waals surface area contributed by atoms with E-state index in [1.807, 2.05) is 74.5 Å². The van der Waals surface area contributed by atoms with Crippen molar-refractivity contribution in [3.8, 4) is 5.75 Å². The molecule has 2 amide bonds. The van der Waals surface area contributed by atoms with Crippen LogP contribution in [0.1, 0.15) is 23.1 Å². The third-order valence-corrected chi connectivity index (χ3v) is 6.96. The van der Waals surface area contributed by atoms with E-state index >= 15 is 0 Å². The van der Waals surface area contributed by atoms with Gasteiger partial charge in [0.05, 0.1) is 17.2 Å². The summed E-state index contributed by atoms with van der Waals surface area (Å²) in [4.78, 5) is 27.5. The Bertz CT molecular complexity index is 1440. The molecule has 6 heteroatoms. The quantitative estimate of drug-likeness (QED) is 0.211. The predicted octanol–water partition coefficient (Wildman–Crippen LogP) is 6.97. The number of benzene rings is 3. The van der Waals surface area contributed by atoms with Crippen molar-refractivity contribution in [1.29, 1.82) is 0 Å². The van der Waals surface area contributed by atoms with Crippen molar-refractivity contribution in [2.75, 3.05) is 11.5 Å². The van der Waals surface area contributed by atoms with Crippen molar-refractivity contribution in [3.05, 3.63) is 101 Å². The fourth-order valence-electron chi connectivity index (χ4n) is 4.24. The van der Waals surface area contributed by atoms with Crippen LogP contribution in [0.25, 0.3) is 17.0 Å². The van der Waals surface area contributed by atoms with Crippen LogP contribution < -0.4 is 9.64 Å². The van der Waals surface area contributed by atoms with Gasteiger partial charge >= 0.3 is 0 Å². The van der Waals surface area contributed by atoms with Crippen LogP contribution in [0.4, 0.5) is 10.5 Å². The summed E-state index contributed by atoms with van der Waals surface area (Å²) in [5.41, 5.74) is 4.81. The summed E-state index contributed by atoms with van der Waals surface area (Å²) in [6, 6.07) is 23.6. The minimum atomic E-state index is -0.285. The SMILES string of the molecule is Cc1ccc(N2C(=O)S/C(=C\c3cn(CCCOc4ccccc4C)c4ccccc34)C2=O)cc1. The Morgan fingerprint density at radius 2 is 1.66 bits per heavy atom. The van der Waals surface area contributed by atoms with Crippen molar-refractivity contribution in [2.24, 2.45) is 0 Å². The van der Waals surface area contributed by atoms with Gasteiger partial charge in [-0.3, -0.25) is 9.59 Å². The van der Waals surface area contributed by atoms with Crippen molar-refractivity contribution in [2.45, 2.75) is 26.8 Å². The number of aromatic nitrogens is 1. The molecule has 5 rings (SSSR count). The zero-order valence-corrected chi connectivity index (χ0v) is 20.5. The van der Waals surface area contributed by atoms with Crippen LogP contribution in [-0.2, 0) is 11.3 Å². The predicted molar refractivity (Wildman–Crippen MR) is 143 cm³/mol. The van der Waals surface area contributed by atoms with E-state index in [-0.39, 0.29) is 11.1 Å². The monoisotopic (exact) mass is 482 g/mol. The lowest BCUT2D eigenvalue weighted by Gasteiger charge is -2.12. The summed E-state index contributed by atoms with van der Waals surface area (Å²) >= 11 is 0.983. The normalized spacial score (nSPS) is 14.9. The van der Waals surface area contributed by atoms with E-state index in [0.29, 0.717) is 17.2 Å². The molecule has 0 unspecified atom stereocenters. The summed E-state index contributed by atoms with van der Waals surface area (Å²) in [5.74, 6) is 0.627. The van der Waals surface area contributed by atoms with E-state index in [4.69, 9.17) is 4.74 Å². The minimum absolute atomic E-state index is 0.276. The number of fused-ring (bicyclic) bond motifs is 1. The molecule has 1 aliphatic heterocycles. The molecule has 35 heavy (non-hydrogen) atoms. The molecule has 176 valence electrons. The standard InChI is InChI=1S/C29H26N2O3S/c1-20-12-14-23(15-13-20)31-28(32)27(35-29(31)33)18-22-19-30(25-10-5-4-9-24(22)25)16-7-17-34-26-11-6-3-8-21(26)2/h3-6,8-15,18-19H,7,16-17H2,1-2H3/b27-18-. The topological polar surface area (TPSA) is 51.5 Å². The second-order valence-electron chi connectivity index (χ2n) is 8.62. The summed E-state index contributed by atoms with van der Waals surface area (Å²) in [6.45, 7) is 5.41. The molecule has 0 aliphatic carbocycles. The lowest BCUT2D eigenvalue weighted by atomic mass is 10.1. The first kappa shape index (κ1) is 23.0. The first-order valence-electron chi connectivity index (χ1n) is 11.6. The maximum atomic E-state index is 13.1. The molecular weight excluding hydrogens is 456 g/mol. The fourth-order valence-corrected chi connectivity index (χ4v) is 5.07. The number of nitrogens with zero attached hydrogens (tertiary/aromatic N) is 2. The number of rotatable bonds is 7. The van der Waals surface area contributed by atoms with Crippen LogP contribution in [-0.4, -0.2) is 22.3 Å². The number of anilines is 1. The molecule has 1 aliphatic rings. The molecule has 0 atom stereocenters. The van der Waals surface area contributed by atoms with E-state index in [1.165, 1.54) is 4.90 Å². The Balaban J connectivity index is 1.35. The number of carbonyl (C=O) groups excluding carboxylic acids is 2. The number of amides is 2. The van der Waals surface area contributed by atoms with Gasteiger partial charge in [0.15, 0.2) is 0 Å². The molecule has 0 N–H and O–H groups in total. The summed E-state index contributed by atoms with van der Waals surface area (Å²) in [5, 5.41) is 0.775.